The summed E-state index contributed by atoms with van der Waals surface area (Å²) in [5.74, 6) is -2.23. The van der Waals surface area contributed by atoms with Crippen molar-refractivity contribution in [3.05, 3.63) is 34.9 Å². The zero-order valence-corrected chi connectivity index (χ0v) is 12.1. The van der Waals surface area contributed by atoms with Gasteiger partial charge in [0.25, 0.3) is 0 Å². The van der Waals surface area contributed by atoms with Crippen molar-refractivity contribution >= 4 is 11.9 Å². The average Bonchev–Trinajstić information content (AvgIpc) is 2.39. The molecule has 1 aliphatic carbocycles. The first-order valence-electron chi connectivity index (χ1n) is 6.88. The first kappa shape index (κ1) is 17.1. The number of aromatic carboxylic acids is 2. The smallest absolute Gasteiger partial charge is 0.335 e. The summed E-state index contributed by atoms with van der Waals surface area (Å²) in [7, 11) is 0. The standard InChI is InChI=1S/C9H8O4.C6H14N2/c1-5-2-3-6(8(10)11)4-7(5)9(12)13;7-6(8)4-2-1-3-5-6/h2-4H,1H3,(H,10,11)(H,12,13);1-5,7-8H2. The minimum Gasteiger partial charge on any atom is -0.478 e. The molecule has 1 aromatic carbocycles. The summed E-state index contributed by atoms with van der Waals surface area (Å²) in [4.78, 5) is 21.1. The van der Waals surface area contributed by atoms with Crippen molar-refractivity contribution in [1.82, 2.24) is 0 Å². The van der Waals surface area contributed by atoms with Gasteiger partial charge in [0.15, 0.2) is 0 Å². The van der Waals surface area contributed by atoms with E-state index < -0.39 is 11.9 Å². The van der Waals surface area contributed by atoms with Gasteiger partial charge in [-0.1, -0.05) is 25.3 Å². The van der Waals surface area contributed by atoms with Gasteiger partial charge in [0, 0.05) is 0 Å². The molecule has 1 aromatic rings. The molecule has 1 fully saturated rings. The predicted octanol–water partition coefficient (Wildman–Crippen LogP) is 1.96. The van der Waals surface area contributed by atoms with E-state index in [9.17, 15) is 9.59 Å². The Hall–Kier alpha value is -1.92. The van der Waals surface area contributed by atoms with E-state index in [0.717, 1.165) is 18.9 Å². The summed E-state index contributed by atoms with van der Waals surface area (Å²) in [5.41, 5.74) is 11.6. The van der Waals surface area contributed by atoms with Crippen molar-refractivity contribution in [3.63, 3.8) is 0 Å². The number of carboxylic acid groups (broad SMARTS) is 2. The van der Waals surface area contributed by atoms with Gasteiger partial charge in [-0.05, 0) is 37.5 Å². The maximum atomic E-state index is 10.6. The van der Waals surface area contributed by atoms with Gasteiger partial charge in [0.05, 0.1) is 16.8 Å². The van der Waals surface area contributed by atoms with Crippen LogP contribution >= 0.6 is 0 Å². The second kappa shape index (κ2) is 7.19. The topological polar surface area (TPSA) is 127 Å². The minimum absolute atomic E-state index is 0.0111. The van der Waals surface area contributed by atoms with E-state index in [-0.39, 0.29) is 16.8 Å². The van der Waals surface area contributed by atoms with Crippen LogP contribution in [0.25, 0.3) is 0 Å². The van der Waals surface area contributed by atoms with Crippen molar-refractivity contribution in [1.29, 1.82) is 0 Å². The summed E-state index contributed by atoms with van der Waals surface area (Å²) in [5, 5.41) is 17.3. The highest BCUT2D eigenvalue weighted by Gasteiger charge is 2.21. The lowest BCUT2D eigenvalue weighted by atomic mass is 9.91. The Balaban J connectivity index is 0.000000235. The molecule has 1 aliphatic rings. The van der Waals surface area contributed by atoms with E-state index in [2.05, 4.69) is 0 Å². The summed E-state index contributed by atoms with van der Waals surface area (Å²) in [6.45, 7) is 1.62. The Morgan fingerprint density at radius 3 is 2.00 bits per heavy atom. The normalized spacial score (nSPS) is 16.5. The zero-order valence-electron chi connectivity index (χ0n) is 12.1. The second-order valence-corrected chi connectivity index (χ2v) is 5.43. The molecule has 0 spiro atoms. The first-order valence-corrected chi connectivity index (χ1v) is 6.88. The fourth-order valence-electron chi connectivity index (χ4n) is 2.20. The molecule has 0 radical (unpaired) electrons. The number of aryl methyl sites for hydroxylation is 1. The number of nitrogens with two attached hydrogens (primary N) is 2. The van der Waals surface area contributed by atoms with Crippen LogP contribution in [0.1, 0.15) is 58.4 Å². The van der Waals surface area contributed by atoms with Crippen LogP contribution in [0.15, 0.2) is 18.2 Å². The van der Waals surface area contributed by atoms with Gasteiger partial charge in [-0.3, -0.25) is 0 Å². The van der Waals surface area contributed by atoms with Crippen LogP contribution in [0.2, 0.25) is 0 Å². The molecule has 0 aromatic heterocycles. The maximum Gasteiger partial charge on any atom is 0.335 e. The Morgan fingerprint density at radius 1 is 1.05 bits per heavy atom. The van der Waals surface area contributed by atoms with E-state index >= 15 is 0 Å². The quantitative estimate of drug-likeness (QED) is 0.617. The van der Waals surface area contributed by atoms with Gasteiger partial charge in [0.1, 0.15) is 0 Å². The number of benzene rings is 1. The highest BCUT2D eigenvalue weighted by atomic mass is 16.4. The van der Waals surface area contributed by atoms with Gasteiger partial charge in [-0.15, -0.1) is 0 Å². The fourth-order valence-corrected chi connectivity index (χ4v) is 2.20. The van der Waals surface area contributed by atoms with E-state index in [1.807, 2.05) is 0 Å². The molecule has 0 saturated heterocycles. The van der Waals surface area contributed by atoms with Crippen LogP contribution in [0.4, 0.5) is 0 Å². The molecule has 6 nitrogen and oxygen atoms in total. The largest absolute Gasteiger partial charge is 0.478 e. The van der Waals surface area contributed by atoms with Crippen molar-refractivity contribution in [2.75, 3.05) is 0 Å². The molecule has 0 atom stereocenters. The monoisotopic (exact) mass is 294 g/mol. The third-order valence-electron chi connectivity index (χ3n) is 3.50. The minimum atomic E-state index is -1.12. The van der Waals surface area contributed by atoms with Gasteiger partial charge in [-0.25, -0.2) is 9.59 Å². The molecule has 0 aliphatic heterocycles. The molecule has 0 amide bonds. The summed E-state index contributed by atoms with van der Waals surface area (Å²) < 4.78 is 0. The Kier molecular flexibility index (Phi) is 5.87. The fraction of sp³-hybridized carbons (Fsp3) is 0.467. The van der Waals surface area contributed by atoms with Crippen LogP contribution in [0.3, 0.4) is 0 Å². The van der Waals surface area contributed by atoms with Gasteiger partial charge >= 0.3 is 11.9 Å². The molecule has 0 heterocycles. The Bertz CT molecular complexity index is 518. The molecular formula is C15H22N2O4. The first-order chi connectivity index (χ1) is 9.73. The van der Waals surface area contributed by atoms with E-state index in [0.29, 0.717) is 5.56 Å². The second-order valence-electron chi connectivity index (χ2n) is 5.43. The van der Waals surface area contributed by atoms with Crippen LogP contribution in [0.5, 0.6) is 0 Å². The lowest BCUT2D eigenvalue weighted by Gasteiger charge is -2.28. The molecule has 0 unspecified atom stereocenters. The highest BCUT2D eigenvalue weighted by Crippen LogP contribution is 2.20. The average molecular weight is 294 g/mol. The van der Waals surface area contributed by atoms with Crippen molar-refractivity contribution in [2.45, 2.75) is 44.7 Å². The molecule has 116 valence electrons. The SMILES string of the molecule is Cc1ccc(C(=O)O)cc1C(=O)O.NC1(N)CCCCC1. The van der Waals surface area contributed by atoms with Crippen LogP contribution in [0, 0.1) is 6.92 Å². The molecule has 0 bridgehead atoms. The van der Waals surface area contributed by atoms with E-state index in [1.165, 1.54) is 31.4 Å². The summed E-state index contributed by atoms with van der Waals surface area (Å²) in [6.07, 6.45) is 5.76. The molecular weight excluding hydrogens is 272 g/mol. The van der Waals surface area contributed by atoms with Crippen molar-refractivity contribution in [2.24, 2.45) is 11.5 Å². The predicted molar refractivity (Wildman–Crippen MR) is 79.3 cm³/mol. The number of rotatable bonds is 2. The number of hydrogen-bond acceptors (Lipinski definition) is 4. The number of carbonyl (C=O) groups is 2. The summed E-state index contributed by atoms with van der Waals surface area (Å²) in [6, 6.07) is 4.01. The Morgan fingerprint density at radius 2 is 1.62 bits per heavy atom. The highest BCUT2D eigenvalue weighted by molar-refractivity contribution is 5.94. The molecule has 1 saturated carbocycles. The molecule has 21 heavy (non-hydrogen) atoms. The van der Waals surface area contributed by atoms with Gasteiger partial charge < -0.3 is 21.7 Å². The van der Waals surface area contributed by atoms with Crippen molar-refractivity contribution < 1.29 is 19.8 Å². The lowest BCUT2D eigenvalue weighted by molar-refractivity contribution is 0.0695. The van der Waals surface area contributed by atoms with Crippen LogP contribution in [-0.2, 0) is 0 Å². The van der Waals surface area contributed by atoms with Crippen molar-refractivity contribution in [3.8, 4) is 0 Å². The summed E-state index contributed by atoms with van der Waals surface area (Å²) >= 11 is 0. The zero-order chi connectivity index (χ0) is 16.0. The third-order valence-corrected chi connectivity index (χ3v) is 3.50. The third kappa shape index (κ3) is 5.53. The molecule has 6 N–H and O–H groups in total. The molecule has 6 heteroatoms. The lowest BCUT2D eigenvalue weighted by Crippen LogP contribution is -2.50. The Labute approximate surface area is 123 Å². The van der Waals surface area contributed by atoms with Gasteiger partial charge in [0.2, 0.25) is 0 Å². The molecule has 2 rings (SSSR count). The van der Waals surface area contributed by atoms with E-state index in [4.69, 9.17) is 21.7 Å². The van der Waals surface area contributed by atoms with Crippen LogP contribution < -0.4 is 11.5 Å². The number of carboxylic acids is 2. The van der Waals surface area contributed by atoms with Gasteiger partial charge in [-0.2, -0.15) is 0 Å². The maximum absolute atomic E-state index is 10.6. The van der Waals surface area contributed by atoms with E-state index in [1.54, 1.807) is 6.92 Å². The van der Waals surface area contributed by atoms with Crippen LogP contribution in [-0.4, -0.2) is 27.8 Å². The number of hydrogen-bond donors (Lipinski definition) is 4.